The summed E-state index contributed by atoms with van der Waals surface area (Å²) < 4.78 is 45.2. The summed E-state index contributed by atoms with van der Waals surface area (Å²) in [6.07, 6.45) is -11.2. The van der Waals surface area contributed by atoms with Crippen LogP contribution in [0.5, 0.6) is 86.2 Å². The van der Waals surface area contributed by atoms with Gasteiger partial charge in [-0.1, -0.05) is 9.27 Å². The van der Waals surface area contributed by atoms with E-state index < -0.39 is 197 Å². The summed E-state index contributed by atoms with van der Waals surface area (Å²) in [4.78, 5) is 90.3. The van der Waals surface area contributed by atoms with Gasteiger partial charge in [-0.2, -0.15) is 0 Å². The number of ether oxygens (including phenoxy) is 6. The monoisotopic (exact) mass is 1070 g/mol. The van der Waals surface area contributed by atoms with Crippen LogP contribution in [-0.4, -0.2) is 154 Å². The highest BCUT2D eigenvalue weighted by atomic mass is 19.2. The normalized spacial score (nSPS) is 16.7. The van der Waals surface area contributed by atoms with Gasteiger partial charge in [0.15, 0.2) is 98.5 Å². The van der Waals surface area contributed by atoms with Crippen molar-refractivity contribution in [2.75, 3.05) is 6.61 Å². The van der Waals surface area contributed by atoms with Crippen molar-refractivity contribution < 1.29 is 133 Å². The van der Waals surface area contributed by atoms with Gasteiger partial charge in [0.2, 0.25) is 12.4 Å². The van der Waals surface area contributed by atoms with E-state index in [9.17, 15) is 115 Å². The summed E-state index contributed by atoms with van der Waals surface area (Å²) in [5.74, 6) is -24.5. The van der Waals surface area contributed by atoms with Crippen molar-refractivity contribution in [3.8, 4) is 86.2 Å². The number of H-pyrrole nitrogens is 1. The van der Waals surface area contributed by atoms with Crippen LogP contribution in [-0.2, 0) is 28.4 Å². The van der Waals surface area contributed by atoms with Crippen LogP contribution in [0.1, 0.15) is 51.8 Å². The number of phenolic OH excluding ortho intramolecular Hbond substituents is 15. The number of nitrogens with zero attached hydrogens (tertiary/aromatic N) is 1. The molecule has 2 heterocycles. The molecule has 5 aromatic carbocycles. The molecule has 0 saturated carbocycles. The van der Waals surface area contributed by atoms with E-state index in [0.717, 1.165) is 12.3 Å². The van der Waals surface area contributed by atoms with Crippen LogP contribution in [0.15, 0.2) is 82.5 Å². The molecule has 0 amide bonds. The zero-order valence-corrected chi connectivity index (χ0v) is 37.4. The second-order valence-electron chi connectivity index (χ2n) is 15.4. The van der Waals surface area contributed by atoms with Gasteiger partial charge in [0.1, 0.15) is 12.7 Å². The average molecular weight is 1070 g/mol. The minimum atomic E-state index is -2.56. The summed E-state index contributed by atoms with van der Waals surface area (Å²) in [6, 6.07) is 6.51. The standard InChI is InChI=1S/C41H32O26.C4H3FN2O2/c42-17-1-12(2-18(43)28(17)52)36(57)62-11-27-33(64-37(58)13-3-19(44)29(53)20(45)4-13)34(65-38(59)14-5-21(46)30(54)22(47)6-14)35(66-39(60)15-7-23(48)31(55)24(49)8-15)41(63-27)67-40(61)16-9-25(50)32(56)26(51)10-16;5-7-3(8)1-2-6-4(7)9/h1-10,27,33-35,41-56H,11H2;1-2H,(H,6,9)/t27-,33-,34+,35-,41?;/m1./s1. The molecule has 0 aliphatic carbocycles. The van der Waals surface area contributed by atoms with Crippen molar-refractivity contribution in [3.05, 3.63) is 122 Å². The Hall–Kier alpha value is -11.0. The van der Waals surface area contributed by atoms with Gasteiger partial charge in [0, 0.05) is 12.3 Å². The molecule has 1 aliphatic rings. The van der Waals surface area contributed by atoms with Crippen molar-refractivity contribution in [2.45, 2.75) is 30.7 Å². The number of carbonyl (C=O) groups excluding carboxylic acids is 5. The maximum Gasteiger partial charge on any atom is 0.357 e. The number of hydrogen-bond donors (Lipinski definition) is 16. The van der Waals surface area contributed by atoms with Crippen LogP contribution in [0.2, 0.25) is 0 Å². The third kappa shape index (κ3) is 11.7. The van der Waals surface area contributed by atoms with Gasteiger partial charge in [-0.25, -0.2) is 28.8 Å². The summed E-state index contributed by atoms with van der Waals surface area (Å²) in [5, 5.41) is 150. The molecule has 5 atom stereocenters. The fraction of sp³-hybridized carbons (Fsp3) is 0.133. The molecule has 1 unspecified atom stereocenters. The lowest BCUT2D eigenvalue weighted by Crippen LogP contribution is -2.63. The van der Waals surface area contributed by atoms with Gasteiger partial charge < -0.3 is 110 Å². The summed E-state index contributed by atoms with van der Waals surface area (Å²) in [7, 11) is 0. The molecule has 0 bridgehead atoms. The number of halogens is 1. The highest BCUT2D eigenvalue weighted by molar-refractivity contribution is 5.94. The number of nitrogens with one attached hydrogen (secondary N) is 1. The number of hydrogen-bond acceptors (Lipinski definition) is 28. The number of aromatic amines is 1. The van der Waals surface area contributed by atoms with E-state index in [1.165, 1.54) is 0 Å². The Balaban J connectivity index is 0.000000941. The average Bonchev–Trinajstić information content (AvgIpc) is 3.36. The molecule has 400 valence electrons. The lowest BCUT2D eigenvalue weighted by Gasteiger charge is -2.43. The maximum atomic E-state index is 13.9. The summed E-state index contributed by atoms with van der Waals surface area (Å²) >= 11 is 0. The number of esters is 5. The van der Waals surface area contributed by atoms with Gasteiger partial charge in [-0.05, 0) is 60.7 Å². The fourth-order valence-electron chi connectivity index (χ4n) is 6.52. The van der Waals surface area contributed by atoms with E-state index in [1.54, 1.807) is 0 Å². The Labute approximate surface area is 417 Å². The zero-order chi connectivity index (χ0) is 56.2. The molecular formula is C45H35FN2O28. The first-order valence-corrected chi connectivity index (χ1v) is 20.5. The van der Waals surface area contributed by atoms with Crippen molar-refractivity contribution in [3.63, 3.8) is 0 Å². The SMILES string of the molecule is O=C(OC[C@H]1OC(OC(=O)c2cc(O)c(O)c(O)c2)[C@H](OC(=O)c2cc(O)c(O)c(O)c2)[C@@H](OC(=O)c2cc(O)c(O)c(O)c2)[C@@H]1OC(=O)c1cc(O)c(O)c(O)c1)c1cc(O)c(O)c(O)c1.O=c1cc[nH]c(=O)n1F. The molecule has 31 heteroatoms. The molecule has 16 N–H and O–H groups in total. The van der Waals surface area contributed by atoms with Crippen LogP contribution >= 0.6 is 0 Å². The molecule has 1 saturated heterocycles. The smallest absolute Gasteiger partial charge is 0.357 e. The largest absolute Gasteiger partial charge is 0.504 e. The van der Waals surface area contributed by atoms with Crippen molar-refractivity contribution in [1.29, 1.82) is 0 Å². The van der Waals surface area contributed by atoms with Gasteiger partial charge >= 0.3 is 35.5 Å². The van der Waals surface area contributed by atoms with Crippen molar-refractivity contribution in [1.82, 2.24) is 9.77 Å². The van der Waals surface area contributed by atoms with E-state index in [-0.39, 0.29) is 0 Å². The Morgan fingerprint density at radius 2 is 0.737 bits per heavy atom. The Morgan fingerprint density at radius 1 is 0.447 bits per heavy atom. The van der Waals surface area contributed by atoms with Crippen molar-refractivity contribution >= 4 is 29.8 Å². The number of rotatable bonds is 11. The predicted octanol–water partition coefficient (Wildman–Crippen LogP) is 0.955. The van der Waals surface area contributed by atoms with Crippen LogP contribution in [0.25, 0.3) is 0 Å². The molecule has 1 aliphatic heterocycles. The van der Waals surface area contributed by atoms with Crippen LogP contribution in [0, 0.1) is 0 Å². The topological polar surface area (TPSA) is 499 Å². The number of aromatic hydroxyl groups is 15. The van der Waals surface area contributed by atoms with Gasteiger partial charge in [-0.3, -0.25) is 4.79 Å². The van der Waals surface area contributed by atoms with E-state index in [2.05, 4.69) is 0 Å². The van der Waals surface area contributed by atoms with E-state index >= 15 is 0 Å². The lowest BCUT2D eigenvalue weighted by molar-refractivity contribution is -0.282. The highest BCUT2D eigenvalue weighted by Gasteiger charge is 2.55. The lowest BCUT2D eigenvalue weighted by atomic mass is 9.97. The third-order valence-corrected chi connectivity index (χ3v) is 10.3. The van der Waals surface area contributed by atoms with Gasteiger partial charge in [0.25, 0.3) is 5.56 Å². The molecule has 1 fully saturated rings. The first kappa shape index (κ1) is 54.4. The van der Waals surface area contributed by atoms with Crippen molar-refractivity contribution in [2.24, 2.45) is 0 Å². The van der Waals surface area contributed by atoms with Crippen LogP contribution in [0.4, 0.5) is 4.48 Å². The number of benzene rings is 5. The Bertz CT molecular complexity index is 3280. The molecule has 6 aromatic rings. The molecule has 30 nitrogen and oxygen atoms in total. The molecule has 0 spiro atoms. The Morgan fingerprint density at radius 3 is 1.05 bits per heavy atom. The second-order valence-corrected chi connectivity index (χ2v) is 15.4. The number of carbonyl (C=O) groups is 5. The predicted molar refractivity (Wildman–Crippen MR) is 237 cm³/mol. The van der Waals surface area contributed by atoms with E-state index in [1.807, 2.05) is 4.98 Å². The first-order valence-electron chi connectivity index (χ1n) is 20.5. The summed E-state index contributed by atoms with van der Waals surface area (Å²) in [6.45, 7) is -1.25. The van der Waals surface area contributed by atoms with Crippen LogP contribution in [0.3, 0.4) is 0 Å². The minimum absolute atomic E-state index is 0.500. The number of aromatic nitrogens is 2. The third-order valence-electron chi connectivity index (χ3n) is 10.3. The molecule has 0 radical (unpaired) electrons. The molecular weight excluding hydrogens is 1040 g/mol. The zero-order valence-electron chi connectivity index (χ0n) is 37.4. The van der Waals surface area contributed by atoms with E-state index in [0.29, 0.717) is 60.7 Å². The fourth-order valence-corrected chi connectivity index (χ4v) is 6.52. The highest BCUT2D eigenvalue weighted by Crippen LogP contribution is 2.42. The molecule has 7 rings (SSSR count). The minimum Gasteiger partial charge on any atom is -0.504 e. The quantitative estimate of drug-likeness (QED) is 0.0488. The molecule has 76 heavy (non-hydrogen) atoms. The maximum absolute atomic E-state index is 13.9. The van der Waals surface area contributed by atoms with Gasteiger partial charge in [-0.15, -0.1) is 0 Å². The number of phenols is 15. The molecule has 1 aromatic heterocycles. The summed E-state index contributed by atoms with van der Waals surface area (Å²) in [5.41, 5.74) is -5.89. The Kier molecular flexibility index (Phi) is 15.6. The second kappa shape index (κ2) is 21.8. The van der Waals surface area contributed by atoms with Gasteiger partial charge in [0.05, 0.1) is 27.8 Å². The first-order chi connectivity index (χ1) is 35.7. The van der Waals surface area contributed by atoms with Crippen LogP contribution < -0.4 is 11.2 Å². The van der Waals surface area contributed by atoms with E-state index in [4.69, 9.17) is 28.4 Å².